The van der Waals surface area contributed by atoms with Crippen molar-refractivity contribution in [2.75, 3.05) is 26.5 Å². The highest BCUT2D eigenvalue weighted by atomic mass is 19.1. The Morgan fingerprint density at radius 2 is 2.11 bits per heavy atom. The van der Waals surface area contributed by atoms with E-state index in [0.717, 1.165) is 13.0 Å². The minimum Gasteiger partial charge on any atom is -0.395 e. The van der Waals surface area contributed by atoms with E-state index in [4.69, 9.17) is 5.11 Å². The average molecular weight is 135 g/mol. The molecule has 0 saturated carbocycles. The quantitative estimate of drug-likeness (QED) is 0.558. The molecule has 9 heavy (non-hydrogen) atoms. The van der Waals surface area contributed by atoms with Gasteiger partial charge in [0.25, 0.3) is 0 Å². The summed E-state index contributed by atoms with van der Waals surface area (Å²) in [7, 11) is 0. The zero-order chi connectivity index (χ0) is 7.11. The summed E-state index contributed by atoms with van der Waals surface area (Å²) in [5.74, 6) is 0. The molecule has 0 rings (SSSR count). The van der Waals surface area contributed by atoms with Crippen LogP contribution in [0.5, 0.6) is 0 Å². The molecule has 0 radical (unpaired) electrons. The fraction of sp³-hybridized carbons (Fsp3) is 1.00. The van der Waals surface area contributed by atoms with Gasteiger partial charge in [0, 0.05) is 13.1 Å². The predicted molar refractivity (Wildman–Crippen MR) is 34.9 cm³/mol. The highest BCUT2D eigenvalue weighted by molar-refractivity contribution is 4.48. The number of aliphatic hydroxyl groups is 1. The van der Waals surface area contributed by atoms with Crippen LogP contribution in [0.3, 0.4) is 0 Å². The van der Waals surface area contributed by atoms with Crippen molar-refractivity contribution in [3.63, 3.8) is 0 Å². The second-order valence-corrected chi connectivity index (χ2v) is 1.96. The number of aliphatic hydroxyl groups excluding tert-OH is 1. The molecule has 0 aromatic heterocycles. The monoisotopic (exact) mass is 135 g/mol. The molecule has 0 amide bonds. The highest BCUT2D eigenvalue weighted by Gasteiger charge is 1.98. The van der Waals surface area contributed by atoms with Gasteiger partial charge in [0.05, 0.1) is 6.61 Å². The Labute approximate surface area is 55.3 Å². The predicted octanol–water partition coefficient (Wildman–Crippen LogP) is 0.618. The van der Waals surface area contributed by atoms with Crippen LogP contribution in [0, 0.1) is 0 Å². The van der Waals surface area contributed by atoms with Gasteiger partial charge in [-0.1, -0.05) is 6.92 Å². The second-order valence-electron chi connectivity index (χ2n) is 1.96. The molecular formula is C6H14FNO. The largest absolute Gasteiger partial charge is 0.395 e. The van der Waals surface area contributed by atoms with Gasteiger partial charge in [0.15, 0.2) is 0 Å². The van der Waals surface area contributed by atoms with Crippen LogP contribution in [0.15, 0.2) is 0 Å². The highest BCUT2D eigenvalue weighted by Crippen LogP contribution is 1.89. The number of hydrogen-bond donors (Lipinski definition) is 1. The minimum absolute atomic E-state index is 0.0456. The van der Waals surface area contributed by atoms with Crippen LogP contribution in [-0.4, -0.2) is 36.5 Å². The standard InChI is InChI=1S/C6H14FNO/c1-2-3-8(6-7)4-5-9/h9H,2-6H2,1H3. The molecule has 0 aliphatic rings. The summed E-state index contributed by atoms with van der Waals surface area (Å²) in [6, 6.07) is 0. The van der Waals surface area contributed by atoms with E-state index in [1.165, 1.54) is 0 Å². The van der Waals surface area contributed by atoms with Gasteiger partial charge in [-0.3, -0.25) is 4.90 Å². The summed E-state index contributed by atoms with van der Waals surface area (Å²) in [6.07, 6.45) is 0.934. The lowest BCUT2D eigenvalue weighted by Crippen LogP contribution is -2.26. The average Bonchev–Trinajstić information content (AvgIpc) is 1.88. The molecule has 0 aliphatic heterocycles. The first-order valence-corrected chi connectivity index (χ1v) is 3.24. The lowest BCUT2D eigenvalue weighted by atomic mass is 10.4. The van der Waals surface area contributed by atoms with Gasteiger partial charge in [-0.05, 0) is 6.42 Å². The van der Waals surface area contributed by atoms with Crippen molar-refractivity contribution >= 4 is 0 Å². The van der Waals surface area contributed by atoms with E-state index in [1.54, 1.807) is 4.90 Å². The van der Waals surface area contributed by atoms with Crippen LogP contribution in [0.2, 0.25) is 0 Å². The third-order valence-corrected chi connectivity index (χ3v) is 1.13. The van der Waals surface area contributed by atoms with E-state index < -0.39 is 6.80 Å². The first-order chi connectivity index (χ1) is 4.35. The molecule has 0 aliphatic carbocycles. The SMILES string of the molecule is CCCN(CF)CCO. The van der Waals surface area contributed by atoms with Crippen LogP contribution in [-0.2, 0) is 0 Å². The molecule has 2 nitrogen and oxygen atoms in total. The molecule has 0 aromatic carbocycles. The molecule has 0 fully saturated rings. The van der Waals surface area contributed by atoms with Gasteiger partial charge in [0.1, 0.15) is 6.80 Å². The van der Waals surface area contributed by atoms with E-state index >= 15 is 0 Å². The summed E-state index contributed by atoms with van der Waals surface area (Å²) < 4.78 is 11.8. The van der Waals surface area contributed by atoms with Gasteiger partial charge in [-0.15, -0.1) is 0 Å². The maximum atomic E-state index is 11.8. The summed E-state index contributed by atoms with van der Waals surface area (Å²) in [5.41, 5.74) is 0. The van der Waals surface area contributed by atoms with Crippen LogP contribution >= 0.6 is 0 Å². The van der Waals surface area contributed by atoms with Crippen LogP contribution < -0.4 is 0 Å². The Balaban J connectivity index is 3.18. The normalized spacial score (nSPS) is 10.7. The topological polar surface area (TPSA) is 23.5 Å². The van der Waals surface area contributed by atoms with Crippen molar-refractivity contribution in [1.29, 1.82) is 0 Å². The van der Waals surface area contributed by atoms with Crippen molar-refractivity contribution in [3.05, 3.63) is 0 Å². The Kier molecular flexibility index (Phi) is 5.88. The second kappa shape index (κ2) is 5.98. The van der Waals surface area contributed by atoms with E-state index in [0.29, 0.717) is 6.54 Å². The molecule has 0 heterocycles. The molecule has 0 aromatic rings. The number of halogens is 1. The fourth-order valence-electron chi connectivity index (χ4n) is 0.689. The van der Waals surface area contributed by atoms with E-state index in [1.807, 2.05) is 6.92 Å². The molecule has 0 spiro atoms. The van der Waals surface area contributed by atoms with Crippen molar-refractivity contribution in [2.24, 2.45) is 0 Å². The minimum atomic E-state index is -0.450. The van der Waals surface area contributed by atoms with Gasteiger partial charge in [-0.25, -0.2) is 4.39 Å². The van der Waals surface area contributed by atoms with Crippen molar-refractivity contribution < 1.29 is 9.50 Å². The smallest absolute Gasteiger partial charge is 0.143 e. The molecule has 3 heteroatoms. The maximum absolute atomic E-state index is 11.8. The van der Waals surface area contributed by atoms with Crippen LogP contribution in [0.25, 0.3) is 0 Å². The van der Waals surface area contributed by atoms with Crippen molar-refractivity contribution in [2.45, 2.75) is 13.3 Å². The number of hydrogen-bond acceptors (Lipinski definition) is 2. The lowest BCUT2D eigenvalue weighted by molar-refractivity contribution is 0.146. The Hall–Kier alpha value is -0.150. The molecule has 0 unspecified atom stereocenters. The molecular weight excluding hydrogens is 121 g/mol. The van der Waals surface area contributed by atoms with E-state index in [9.17, 15) is 4.39 Å². The third-order valence-electron chi connectivity index (χ3n) is 1.13. The molecule has 1 N–H and O–H groups in total. The lowest BCUT2D eigenvalue weighted by Gasteiger charge is -2.14. The van der Waals surface area contributed by atoms with Gasteiger partial charge < -0.3 is 5.11 Å². The van der Waals surface area contributed by atoms with Gasteiger partial charge in [-0.2, -0.15) is 0 Å². The first kappa shape index (κ1) is 8.85. The number of rotatable bonds is 5. The zero-order valence-electron chi connectivity index (χ0n) is 5.81. The summed E-state index contributed by atoms with van der Waals surface area (Å²) in [5, 5.41) is 8.39. The Morgan fingerprint density at radius 1 is 1.44 bits per heavy atom. The first-order valence-electron chi connectivity index (χ1n) is 3.24. The van der Waals surface area contributed by atoms with Gasteiger partial charge >= 0.3 is 0 Å². The van der Waals surface area contributed by atoms with Gasteiger partial charge in [0.2, 0.25) is 0 Å². The number of nitrogens with zero attached hydrogens (tertiary/aromatic N) is 1. The van der Waals surface area contributed by atoms with Crippen molar-refractivity contribution in [3.8, 4) is 0 Å². The fourth-order valence-corrected chi connectivity index (χ4v) is 0.689. The van der Waals surface area contributed by atoms with Crippen molar-refractivity contribution in [1.82, 2.24) is 4.90 Å². The van der Waals surface area contributed by atoms with Crippen LogP contribution in [0.1, 0.15) is 13.3 Å². The summed E-state index contributed by atoms with van der Waals surface area (Å²) in [4.78, 5) is 1.57. The Morgan fingerprint density at radius 3 is 2.44 bits per heavy atom. The van der Waals surface area contributed by atoms with E-state index in [-0.39, 0.29) is 6.61 Å². The van der Waals surface area contributed by atoms with Crippen LogP contribution in [0.4, 0.5) is 4.39 Å². The molecule has 56 valence electrons. The molecule has 0 atom stereocenters. The molecule has 0 saturated heterocycles. The third kappa shape index (κ3) is 4.36. The maximum Gasteiger partial charge on any atom is 0.143 e. The molecule has 0 bridgehead atoms. The summed E-state index contributed by atoms with van der Waals surface area (Å²) >= 11 is 0. The Bertz CT molecular complexity index is 55.0. The summed E-state index contributed by atoms with van der Waals surface area (Å²) in [6.45, 7) is 2.76. The zero-order valence-corrected chi connectivity index (χ0v) is 5.81. The van der Waals surface area contributed by atoms with E-state index in [2.05, 4.69) is 0 Å². The number of alkyl halides is 1.